The first-order valence-corrected chi connectivity index (χ1v) is 7.01. The zero-order valence-electron chi connectivity index (χ0n) is 12.5. The van der Waals surface area contributed by atoms with Gasteiger partial charge in [-0.05, 0) is 44.0 Å². The molecule has 0 radical (unpaired) electrons. The summed E-state index contributed by atoms with van der Waals surface area (Å²) in [5, 5.41) is 6.87. The van der Waals surface area contributed by atoms with Gasteiger partial charge in [-0.25, -0.2) is 4.68 Å². The molecule has 5 nitrogen and oxygen atoms in total. The van der Waals surface area contributed by atoms with Crippen molar-refractivity contribution in [3.63, 3.8) is 0 Å². The maximum Gasteiger partial charge on any atom is 0.276 e. The van der Waals surface area contributed by atoms with Gasteiger partial charge in [0.1, 0.15) is 5.69 Å². The zero-order valence-corrected chi connectivity index (χ0v) is 12.5. The van der Waals surface area contributed by atoms with Crippen molar-refractivity contribution in [1.82, 2.24) is 9.78 Å². The number of carbonyl (C=O) groups is 1. The van der Waals surface area contributed by atoms with Gasteiger partial charge in [-0.15, -0.1) is 0 Å². The highest BCUT2D eigenvalue weighted by Crippen LogP contribution is 2.11. The lowest BCUT2D eigenvalue weighted by molar-refractivity contribution is 0.101. The summed E-state index contributed by atoms with van der Waals surface area (Å²) in [5.74, 6) is -0.325. The fraction of sp³-hybridized carbons (Fsp3) is 0.312. The van der Waals surface area contributed by atoms with Crippen molar-refractivity contribution in [2.24, 2.45) is 0 Å². The van der Waals surface area contributed by atoms with E-state index >= 15 is 0 Å². The highest BCUT2D eigenvalue weighted by Gasteiger charge is 2.11. The molecule has 21 heavy (non-hydrogen) atoms. The number of hydrogen-bond donors (Lipinski definition) is 1. The fourth-order valence-corrected chi connectivity index (χ4v) is 1.94. The maximum atomic E-state index is 12.2. The highest BCUT2D eigenvalue weighted by atomic mass is 16.2. The molecule has 0 unspecified atom stereocenters. The zero-order chi connectivity index (χ0) is 15.4. The first-order chi connectivity index (χ1) is 10.0. The number of nitrogens with one attached hydrogen (secondary N) is 1. The molecule has 0 aliphatic carbocycles. The van der Waals surface area contributed by atoms with E-state index < -0.39 is 0 Å². The van der Waals surface area contributed by atoms with E-state index in [0.29, 0.717) is 5.69 Å². The molecule has 0 aliphatic rings. The van der Waals surface area contributed by atoms with E-state index in [0.717, 1.165) is 6.42 Å². The van der Waals surface area contributed by atoms with Crippen molar-refractivity contribution in [1.29, 1.82) is 0 Å². The first-order valence-electron chi connectivity index (χ1n) is 7.01. The van der Waals surface area contributed by atoms with Gasteiger partial charge in [-0.3, -0.25) is 9.59 Å². The van der Waals surface area contributed by atoms with Crippen molar-refractivity contribution in [2.75, 3.05) is 5.32 Å². The van der Waals surface area contributed by atoms with E-state index in [1.165, 1.54) is 22.4 Å². The van der Waals surface area contributed by atoms with Crippen LogP contribution in [0.2, 0.25) is 0 Å². The summed E-state index contributed by atoms with van der Waals surface area (Å²) in [7, 11) is 0. The van der Waals surface area contributed by atoms with Gasteiger partial charge >= 0.3 is 0 Å². The monoisotopic (exact) mass is 285 g/mol. The Morgan fingerprint density at radius 3 is 2.43 bits per heavy atom. The Morgan fingerprint density at radius 1 is 1.19 bits per heavy atom. The number of anilines is 1. The fourth-order valence-electron chi connectivity index (χ4n) is 1.94. The van der Waals surface area contributed by atoms with Gasteiger partial charge < -0.3 is 5.32 Å². The van der Waals surface area contributed by atoms with Gasteiger partial charge in [0.25, 0.3) is 11.5 Å². The predicted molar refractivity (Wildman–Crippen MR) is 82.7 cm³/mol. The number of aromatic nitrogens is 2. The third kappa shape index (κ3) is 3.56. The Labute approximate surface area is 123 Å². The average Bonchev–Trinajstić information content (AvgIpc) is 2.48. The number of benzene rings is 1. The number of carbonyl (C=O) groups excluding carboxylic acids is 1. The van der Waals surface area contributed by atoms with Crippen LogP contribution in [-0.2, 0) is 6.42 Å². The molecule has 1 aromatic heterocycles. The molecule has 1 aromatic carbocycles. The smallest absolute Gasteiger partial charge is 0.276 e. The standard InChI is InChI=1S/C16H19N3O2/c1-4-12-5-7-13(8-6-12)17-16(21)14-9-10-15(20)19(18-14)11(2)3/h5-11H,4H2,1-3H3,(H,17,21). The quantitative estimate of drug-likeness (QED) is 0.939. The first kappa shape index (κ1) is 15.0. The number of rotatable bonds is 4. The molecular weight excluding hydrogens is 266 g/mol. The lowest BCUT2D eigenvalue weighted by Gasteiger charge is -2.10. The van der Waals surface area contributed by atoms with Gasteiger partial charge in [0.15, 0.2) is 0 Å². The van der Waals surface area contributed by atoms with Gasteiger partial charge in [0.2, 0.25) is 0 Å². The van der Waals surface area contributed by atoms with Crippen LogP contribution in [0.5, 0.6) is 0 Å². The second-order valence-electron chi connectivity index (χ2n) is 5.10. The Balaban J connectivity index is 2.19. The van der Waals surface area contributed by atoms with E-state index in [4.69, 9.17) is 0 Å². The molecule has 0 spiro atoms. The molecule has 1 heterocycles. The second kappa shape index (κ2) is 6.35. The van der Waals surface area contributed by atoms with Gasteiger partial charge in [0.05, 0.1) is 6.04 Å². The van der Waals surface area contributed by atoms with Crippen LogP contribution < -0.4 is 10.9 Å². The third-order valence-corrected chi connectivity index (χ3v) is 3.17. The Kier molecular flexibility index (Phi) is 4.52. The molecule has 0 atom stereocenters. The molecule has 0 aliphatic heterocycles. The van der Waals surface area contributed by atoms with Crippen molar-refractivity contribution < 1.29 is 4.79 Å². The summed E-state index contributed by atoms with van der Waals surface area (Å²) in [4.78, 5) is 23.8. The van der Waals surface area contributed by atoms with E-state index in [9.17, 15) is 9.59 Å². The number of amides is 1. The van der Waals surface area contributed by atoms with Gasteiger partial charge in [0, 0.05) is 11.8 Å². The highest BCUT2D eigenvalue weighted by molar-refractivity contribution is 6.02. The van der Waals surface area contributed by atoms with Crippen LogP contribution in [0.3, 0.4) is 0 Å². The van der Waals surface area contributed by atoms with E-state index in [1.54, 1.807) is 0 Å². The summed E-state index contributed by atoms with van der Waals surface area (Å²) in [6.45, 7) is 5.77. The number of aryl methyl sites for hydroxylation is 1. The predicted octanol–water partition coefficient (Wildman–Crippen LogP) is 2.64. The molecule has 110 valence electrons. The molecule has 2 aromatic rings. The van der Waals surface area contributed by atoms with Crippen LogP contribution in [0.25, 0.3) is 0 Å². The molecule has 1 amide bonds. The van der Waals surface area contributed by atoms with E-state index in [2.05, 4.69) is 17.3 Å². The molecule has 0 bridgehead atoms. The summed E-state index contributed by atoms with van der Waals surface area (Å²) >= 11 is 0. The van der Waals surface area contributed by atoms with Crippen LogP contribution in [0, 0.1) is 0 Å². The van der Waals surface area contributed by atoms with E-state index in [1.807, 2.05) is 38.1 Å². The van der Waals surface area contributed by atoms with Crippen LogP contribution in [0.4, 0.5) is 5.69 Å². The van der Waals surface area contributed by atoms with Crippen LogP contribution in [0.15, 0.2) is 41.2 Å². The molecule has 0 fully saturated rings. The van der Waals surface area contributed by atoms with Gasteiger partial charge in [-0.1, -0.05) is 19.1 Å². The Morgan fingerprint density at radius 2 is 1.86 bits per heavy atom. The lowest BCUT2D eigenvalue weighted by atomic mass is 10.1. The topological polar surface area (TPSA) is 64.0 Å². The van der Waals surface area contributed by atoms with Crippen LogP contribution in [0.1, 0.15) is 42.9 Å². The molecule has 0 saturated carbocycles. The third-order valence-electron chi connectivity index (χ3n) is 3.17. The van der Waals surface area contributed by atoms with Crippen molar-refractivity contribution in [3.05, 3.63) is 58.0 Å². The SMILES string of the molecule is CCc1ccc(NC(=O)c2ccc(=O)n(C(C)C)n2)cc1. The van der Waals surface area contributed by atoms with Crippen molar-refractivity contribution in [3.8, 4) is 0 Å². The normalized spacial score (nSPS) is 10.7. The summed E-state index contributed by atoms with van der Waals surface area (Å²) in [6.07, 6.45) is 0.954. The maximum absolute atomic E-state index is 12.2. The average molecular weight is 285 g/mol. The molecule has 1 N–H and O–H groups in total. The number of nitrogens with zero attached hydrogens (tertiary/aromatic N) is 2. The molecule has 2 rings (SSSR count). The lowest BCUT2D eigenvalue weighted by Crippen LogP contribution is -2.27. The minimum atomic E-state index is -0.325. The number of hydrogen-bond acceptors (Lipinski definition) is 3. The van der Waals surface area contributed by atoms with Crippen LogP contribution >= 0.6 is 0 Å². The summed E-state index contributed by atoms with van der Waals surface area (Å²) in [6, 6.07) is 10.4. The van der Waals surface area contributed by atoms with Crippen LogP contribution in [-0.4, -0.2) is 15.7 Å². The summed E-state index contributed by atoms with van der Waals surface area (Å²) < 4.78 is 1.30. The Bertz CT molecular complexity index is 687. The van der Waals surface area contributed by atoms with Crippen molar-refractivity contribution in [2.45, 2.75) is 33.2 Å². The second-order valence-corrected chi connectivity index (χ2v) is 5.10. The minimum absolute atomic E-state index is 0.0888. The van der Waals surface area contributed by atoms with Gasteiger partial charge in [-0.2, -0.15) is 5.10 Å². The molecular formula is C16H19N3O2. The van der Waals surface area contributed by atoms with E-state index in [-0.39, 0.29) is 23.2 Å². The minimum Gasteiger partial charge on any atom is -0.321 e. The largest absolute Gasteiger partial charge is 0.321 e. The summed E-state index contributed by atoms with van der Waals surface area (Å²) in [5.41, 5.74) is 1.93. The van der Waals surface area contributed by atoms with Crippen molar-refractivity contribution >= 4 is 11.6 Å². The molecule has 5 heteroatoms. The Hall–Kier alpha value is -2.43. The molecule has 0 saturated heterocycles.